The van der Waals surface area contributed by atoms with Gasteiger partial charge in [0.15, 0.2) is 6.17 Å². The molecule has 0 radical (unpaired) electrons. The summed E-state index contributed by atoms with van der Waals surface area (Å²) >= 11 is 0. The highest BCUT2D eigenvalue weighted by Gasteiger charge is 2.28. The predicted molar refractivity (Wildman–Crippen MR) is 137 cm³/mol. The molecule has 3 amide bonds. The van der Waals surface area contributed by atoms with E-state index in [-0.39, 0.29) is 11.6 Å². The molecule has 0 saturated heterocycles. The van der Waals surface area contributed by atoms with Crippen molar-refractivity contribution in [2.75, 3.05) is 0 Å². The molecule has 0 saturated carbocycles. The summed E-state index contributed by atoms with van der Waals surface area (Å²) in [6, 6.07) is 19.1. The number of rotatable bonds is 10. The van der Waals surface area contributed by atoms with Gasteiger partial charge in [0.25, 0.3) is 11.8 Å². The summed E-state index contributed by atoms with van der Waals surface area (Å²) in [5.41, 5.74) is 1.49. The van der Waals surface area contributed by atoms with Crippen LogP contribution in [0.15, 0.2) is 89.3 Å². The molecule has 4 rings (SSSR count). The molecule has 1 unspecified atom stereocenters. The van der Waals surface area contributed by atoms with Crippen molar-refractivity contribution in [2.45, 2.75) is 39.1 Å². The molecule has 0 spiro atoms. The van der Waals surface area contributed by atoms with Gasteiger partial charge in [-0.25, -0.2) is 0 Å². The van der Waals surface area contributed by atoms with Gasteiger partial charge < -0.3 is 30.4 Å². The quantitative estimate of drug-likeness (QED) is 0.337. The molecule has 1 aliphatic rings. The monoisotopic (exact) mass is 502 g/mol. The fourth-order valence-electron chi connectivity index (χ4n) is 3.79. The molecule has 2 atom stereocenters. The van der Waals surface area contributed by atoms with E-state index >= 15 is 0 Å². The Bertz CT molecular complexity index is 1240. The number of carbonyl (C=O) groups excluding carboxylic acids is 3. The van der Waals surface area contributed by atoms with Crippen LogP contribution in [0.4, 0.5) is 0 Å². The van der Waals surface area contributed by atoms with Crippen molar-refractivity contribution in [2.24, 2.45) is 5.92 Å². The second-order valence-electron chi connectivity index (χ2n) is 9.09. The number of carbonyl (C=O) groups is 3. The summed E-state index contributed by atoms with van der Waals surface area (Å²) in [4.78, 5) is 38.5. The van der Waals surface area contributed by atoms with Crippen molar-refractivity contribution in [3.8, 4) is 5.75 Å². The third kappa shape index (κ3) is 7.00. The minimum Gasteiger partial charge on any atom is -0.489 e. The lowest BCUT2D eigenvalue weighted by Gasteiger charge is -2.25. The Morgan fingerprint density at radius 2 is 1.78 bits per heavy atom. The molecule has 0 fully saturated rings. The van der Waals surface area contributed by atoms with Crippen molar-refractivity contribution in [3.63, 3.8) is 0 Å². The van der Waals surface area contributed by atoms with Crippen molar-refractivity contribution >= 4 is 17.7 Å². The lowest BCUT2D eigenvalue weighted by molar-refractivity contribution is -0.126. The Hall–Kier alpha value is -4.53. The first-order chi connectivity index (χ1) is 17.9. The van der Waals surface area contributed by atoms with Crippen LogP contribution < -0.4 is 26.0 Å². The van der Waals surface area contributed by atoms with Crippen LogP contribution in [0.3, 0.4) is 0 Å². The van der Waals surface area contributed by atoms with E-state index < -0.39 is 29.9 Å². The first-order valence-electron chi connectivity index (χ1n) is 12.1. The van der Waals surface area contributed by atoms with E-state index in [1.54, 1.807) is 36.4 Å². The van der Waals surface area contributed by atoms with E-state index in [9.17, 15) is 14.4 Å². The fraction of sp³-hybridized carbons (Fsp3) is 0.250. The first kappa shape index (κ1) is 25.6. The summed E-state index contributed by atoms with van der Waals surface area (Å²) in [5, 5.41) is 11.1. The van der Waals surface area contributed by atoms with Gasteiger partial charge in [-0.3, -0.25) is 14.4 Å². The molecule has 2 aromatic carbocycles. The van der Waals surface area contributed by atoms with Crippen LogP contribution in [-0.4, -0.2) is 23.8 Å². The van der Waals surface area contributed by atoms with Crippen molar-refractivity contribution in [1.82, 2.24) is 21.3 Å². The van der Waals surface area contributed by atoms with Gasteiger partial charge in [-0.2, -0.15) is 0 Å². The van der Waals surface area contributed by atoms with E-state index in [0.29, 0.717) is 30.1 Å². The standard InChI is InChI=1S/C28H30N4O5/c1-18(2)15-22(27(34)31-23-16-29-25(32-28(23)35)24-9-6-14-36-24)30-26(33)20-10-12-21(13-11-20)37-17-19-7-4-3-5-8-19/h3-14,16,18,22,25,29H,15,17H2,1-2H3,(H,30,33)(H,31,34)(H,32,35)/t22-,25?/m0/s1. The summed E-state index contributed by atoms with van der Waals surface area (Å²) in [6.07, 6.45) is 2.79. The van der Waals surface area contributed by atoms with Gasteiger partial charge in [-0.05, 0) is 54.3 Å². The SMILES string of the molecule is CC(C)C[C@H](NC(=O)c1ccc(OCc2ccccc2)cc1)C(=O)NC1=CNC(c2ccco2)NC1=O. The smallest absolute Gasteiger partial charge is 0.271 e. The number of ether oxygens (including phenoxy) is 1. The van der Waals surface area contributed by atoms with Gasteiger partial charge >= 0.3 is 0 Å². The van der Waals surface area contributed by atoms with Gasteiger partial charge in [0.2, 0.25) is 5.91 Å². The van der Waals surface area contributed by atoms with Crippen molar-refractivity contribution in [1.29, 1.82) is 0 Å². The van der Waals surface area contributed by atoms with Gasteiger partial charge in [-0.15, -0.1) is 0 Å². The Balaban J connectivity index is 1.35. The zero-order valence-corrected chi connectivity index (χ0v) is 20.7. The highest BCUT2D eigenvalue weighted by molar-refractivity contribution is 6.01. The number of nitrogens with one attached hydrogen (secondary N) is 4. The lowest BCUT2D eigenvalue weighted by atomic mass is 10.0. The molecule has 192 valence electrons. The normalized spacial score (nSPS) is 15.7. The molecular formula is C28H30N4O5. The molecule has 3 aromatic rings. The van der Waals surface area contributed by atoms with Crippen LogP contribution in [0.2, 0.25) is 0 Å². The molecule has 1 aromatic heterocycles. The average molecular weight is 503 g/mol. The molecule has 4 N–H and O–H groups in total. The molecule has 0 aliphatic carbocycles. The van der Waals surface area contributed by atoms with E-state index in [1.807, 2.05) is 44.2 Å². The van der Waals surface area contributed by atoms with Crippen LogP contribution in [0.1, 0.15) is 48.1 Å². The summed E-state index contributed by atoms with van der Waals surface area (Å²) < 4.78 is 11.1. The number of benzene rings is 2. The maximum Gasteiger partial charge on any atom is 0.271 e. The Labute approximate surface area is 215 Å². The molecule has 2 heterocycles. The fourth-order valence-corrected chi connectivity index (χ4v) is 3.79. The van der Waals surface area contributed by atoms with Gasteiger partial charge in [0.1, 0.15) is 29.9 Å². The summed E-state index contributed by atoms with van der Waals surface area (Å²) in [7, 11) is 0. The van der Waals surface area contributed by atoms with Crippen LogP contribution in [-0.2, 0) is 16.2 Å². The minimum absolute atomic E-state index is 0.0516. The largest absolute Gasteiger partial charge is 0.489 e. The summed E-state index contributed by atoms with van der Waals surface area (Å²) in [5.74, 6) is -0.0449. The van der Waals surface area contributed by atoms with Gasteiger partial charge in [0.05, 0.1) is 6.26 Å². The van der Waals surface area contributed by atoms with Crippen LogP contribution in [0.5, 0.6) is 5.75 Å². The third-order valence-electron chi connectivity index (χ3n) is 5.69. The zero-order valence-electron chi connectivity index (χ0n) is 20.7. The van der Waals surface area contributed by atoms with Crippen LogP contribution in [0, 0.1) is 5.92 Å². The second kappa shape index (κ2) is 11.9. The molecule has 0 bridgehead atoms. The lowest BCUT2D eigenvalue weighted by Crippen LogP contribution is -2.51. The van der Waals surface area contributed by atoms with E-state index in [1.165, 1.54) is 12.5 Å². The Kier molecular flexibility index (Phi) is 8.25. The van der Waals surface area contributed by atoms with Crippen molar-refractivity contribution in [3.05, 3.63) is 102 Å². The van der Waals surface area contributed by atoms with Crippen LogP contribution >= 0.6 is 0 Å². The van der Waals surface area contributed by atoms with Gasteiger partial charge in [-0.1, -0.05) is 44.2 Å². The number of furan rings is 1. The van der Waals surface area contributed by atoms with Gasteiger partial charge in [0, 0.05) is 11.8 Å². The number of hydrogen-bond acceptors (Lipinski definition) is 6. The number of amides is 3. The molecule has 9 nitrogen and oxygen atoms in total. The Morgan fingerprint density at radius 1 is 1.03 bits per heavy atom. The minimum atomic E-state index is -0.835. The molecule has 9 heteroatoms. The summed E-state index contributed by atoms with van der Waals surface area (Å²) in [6.45, 7) is 4.32. The van der Waals surface area contributed by atoms with E-state index in [0.717, 1.165) is 5.56 Å². The van der Waals surface area contributed by atoms with Crippen LogP contribution in [0.25, 0.3) is 0 Å². The first-order valence-corrected chi connectivity index (χ1v) is 12.1. The number of hydrogen-bond donors (Lipinski definition) is 4. The zero-order chi connectivity index (χ0) is 26.2. The predicted octanol–water partition coefficient (Wildman–Crippen LogP) is 3.38. The Morgan fingerprint density at radius 3 is 2.43 bits per heavy atom. The maximum absolute atomic E-state index is 13.0. The van der Waals surface area contributed by atoms with E-state index in [4.69, 9.17) is 9.15 Å². The van der Waals surface area contributed by atoms with E-state index in [2.05, 4.69) is 21.3 Å². The topological polar surface area (TPSA) is 122 Å². The second-order valence-corrected chi connectivity index (χ2v) is 9.09. The highest BCUT2D eigenvalue weighted by Crippen LogP contribution is 2.16. The third-order valence-corrected chi connectivity index (χ3v) is 5.69. The molecule has 1 aliphatic heterocycles. The highest BCUT2D eigenvalue weighted by atomic mass is 16.5. The molecule has 37 heavy (non-hydrogen) atoms. The maximum atomic E-state index is 13.0. The molecular weight excluding hydrogens is 472 g/mol. The van der Waals surface area contributed by atoms with Crippen molar-refractivity contribution < 1.29 is 23.5 Å². The average Bonchev–Trinajstić information content (AvgIpc) is 3.44.